The van der Waals surface area contributed by atoms with Crippen molar-refractivity contribution in [3.05, 3.63) is 144 Å². The number of aliphatic hydroxyl groups excluding tert-OH is 8. The summed E-state index contributed by atoms with van der Waals surface area (Å²) in [6.45, 7) is 8.36. The summed E-state index contributed by atoms with van der Waals surface area (Å²) in [6.07, 6.45) is -23.1. The Bertz CT molecular complexity index is 3230. The maximum atomic E-state index is 13.4. The summed E-state index contributed by atoms with van der Waals surface area (Å²) in [7, 11) is 3.55. The largest absolute Gasteiger partial charge is 0.394 e. The third kappa shape index (κ3) is 19.2. The van der Waals surface area contributed by atoms with E-state index in [1.807, 2.05) is 116 Å². The summed E-state index contributed by atoms with van der Waals surface area (Å²) in [5.74, 6) is -1.90. The zero-order valence-electron chi connectivity index (χ0n) is 59.5. The van der Waals surface area contributed by atoms with Gasteiger partial charge >= 0.3 is 0 Å². The Kier molecular flexibility index (Phi) is 28.3. The first kappa shape index (κ1) is 80.0. The van der Waals surface area contributed by atoms with Crippen molar-refractivity contribution >= 4 is 11.9 Å². The van der Waals surface area contributed by atoms with Gasteiger partial charge in [0.15, 0.2) is 37.1 Å². The van der Waals surface area contributed by atoms with E-state index in [0.717, 1.165) is 22.3 Å². The molecule has 0 bridgehead atoms. The molecule has 4 heterocycles. The molecule has 0 aromatic heterocycles. The van der Waals surface area contributed by atoms with Crippen molar-refractivity contribution in [3.63, 3.8) is 0 Å². The maximum absolute atomic E-state index is 13.4. The number of hydrogen-bond acceptors (Lipinski definition) is 26. The second-order valence-electron chi connectivity index (χ2n) is 28.8. The molecule has 572 valence electrons. The van der Waals surface area contributed by atoms with Crippen LogP contribution in [0.1, 0.15) is 75.6 Å². The molecule has 12 unspecified atom stereocenters. The van der Waals surface area contributed by atoms with Crippen LogP contribution in [0, 0.1) is 16.7 Å². The minimum atomic E-state index is -2.11. The lowest BCUT2D eigenvalue weighted by Crippen LogP contribution is -2.73. The van der Waals surface area contributed by atoms with Crippen LogP contribution >= 0.6 is 0 Å². The van der Waals surface area contributed by atoms with Gasteiger partial charge in [-0.2, -0.15) is 0 Å². The summed E-state index contributed by atoms with van der Waals surface area (Å²) in [5.41, 5.74) is 12.1. The van der Waals surface area contributed by atoms with Gasteiger partial charge in [-0.05, 0) is 82.8 Å². The Morgan fingerprint density at radius 1 is 0.621 bits per heavy atom. The van der Waals surface area contributed by atoms with Crippen LogP contribution in [0.3, 0.4) is 0 Å². The number of hydrogen-bond donors (Lipinski definition) is 20. The Labute approximate surface area is 602 Å². The van der Waals surface area contributed by atoms with E-state index in [0.29, 0.717) is 51.9 Å². The number of ether oxygens (including phenoxy) is 8. The summed E-state index contributed by atoms with van der Waals surface area (Å²) in [6, 6.07) is 34.0. The van der Waals surface area contributed by atoms with Crippen LogP contribution in [0.5, 0.6) is 0 Å². The Balaban J connectivity index is 0.978. The quantitative estimate of drug-likeness (QED) is 0.0146. The molecule has 103 heavy (non-hydrogen) atoms. The van der Waals surface area contributed by atoms with Gasteiger partial charge in [0.1, 0.15) is 72.7 Å². The number of guanidine groups is 2. The second kappa shape index (κ2) is 36.4. The van der Waals surface area contributed by atoms with Gasteiger partial charge in [-0.1, -0.05) is 128 Å². The standard InChI is InChI=1S/C73H112N12O18/c1-7-46-55(87)68(96-39-72(46,4)94)101-63-48(81-34-43-22-14-9-15-23-43)32-47(80-33-42-20-12-8-13-21-42)62(61(63)93)100-66-49(28-29-50(98-66)40(2)84(6)35-44-24-16-10-17-25-44)85(36-45-26-18-11-19-27-45)31-30-79-38-73(95)41(3)97-69(65(73)103-67-54(78-5)59(91)56(88)51(37-86)99-67)102-64-53(83-71(76)77)57(89)52(82-70(74)75)58(90)60(64)92/h8-27,40-41,46-69,78-81,86-95H,7,28-39H2,1-6H3,(H4,74,75,82)(H4,76,77,83)/t40?,41-,46+,47-,48?,49+,50-,51?,52?,53-,54?,55+,56-,57?,58-,59+,60-,61-,62?,63?,64?,65?,66?,67-,68?,69-,72-,73-/m0/s1. The molecular weight excluding hydrogens is 1330 g/mol. The van der Waals surface area contributed by atoms with E-state index in [9.17, 15) is 51.1 Å². The number of nitrogens with zero attached hydrogens (tertiary/aromatic N) is 2. The molecule has 0 amide bonds. The lowest BCUT2D eigenvalue weighted by Gasteiger charge is -2.51. The predicted molar refractivity (Wildman–Crippen MR) is 379 cm³/mol. The van der Waals surface area contributed by atoms with Crippen molar-refractivity contribution in [2.24, 2.45) is 17.4 Å². The van der Waals surface area contributed by atoms with Gasteiger partial charge in [-0.3, -0.25) is 20.6 Å². The number of nitrogens with two attached hydrogens (primary N) is 2. The number of likely N-dealkylation sites (N-methyl/N-ethyl adjacent to an activating group) is 2. The summed E-state index contributed by atoms with van der Waals surface area (Å²) >= 11 is 0. The van der Waals surface area contributed by atoms with Gasteiger partial charge in [0.05, 0.1) is 61.3 Å². The molecule has 4 saturated heterocycles. The Morgan fingerprint density at radius 2 is 1.16 bits per heavy atom. The molecular formula is C73H112N12O18. The van der Waals surface area contributed by atoms with E-state index in [4.69, 9.17) is 60.2 Å². The van der Waals surface area contributed by atoms with Crippen LogP contribution in [0.4, 0.5) is 0 Å². The lowest BCUT2D eigenvalue weighted by atomic mass is 9.80. The molecule has 30 heteroatoms. The Morgan fingerprint density at radius 3 is 1.71 bits per heavy atom. The average molecular weight is 1450 g/mol. The van der Waals surface area contributed by atoms with Crippen molar-refractivity contribution < 1.29 is 89.0 Å². The van der Waals surface area contributed by atoms with Crippen LogP contribution in [0.2, 0.25) is 0 Å². The molecule has 4 aromatic carbocycles. The van der Waals surface area contributed by atoms with Crippen LogP contribution in [0.25, 0.3) is 0 Å². The molecule has 6 aliphatic rings. The first-order valence-corrected chi connectivity index (χ1v) is 36.0. The van der Waals surface area contributed by atoms with Crippen molar-refractivity contribution in [1.82, 2.24) is 41.7 Å². The van der Waals surface area contributed by atoms with Crippen molar-refractivity contribution in [3.8, 4) is 0 Å². The molecule has 2 saturated carbocycles. The molecule has 0 spiro atoms. The molecule has 6 fully saturated rings. The van der Waals surface area contributed by atoms with Crippen LogP contribution in [0.15, 0.2) is 121 Å². The molecule has 30 nitrogen and oxygen atoms in total. The van der Waals surface area contributed by atoms with Crippen molar-refractivity contribution in [2.75, 3.05) is 46.9 Å². The SMILES string of the molecule is CC[C@@H]1[C@@H](O)C(OC2C(NCc3ccccc3)C[C@H](NCc3ccccc3)C(OC3O[C@H](C(C)N(C)Cc4ccccc4)CC[C@H]3N(CCNC[C@@]3(O)C(O[C@@H]4OC(CO)[C@H](O)[C@H](O)C4NC)[C@H](OC4[C@@H](NC(=N)N)C(O)C(NC(=N)N)[C@H](O)[C@@H]4O)O[C@H]3C)Cc3ccccc3)[C@@H]2O)OC[C@]1(C)O. The van der Waals surface area contributed by atoms with Crippen molar-refractivity contribution in [1.29, 1.82) is 10.8 Å². The maximum Gasteiger partial charge on any atom is 0.187 e. The summed E-state index contributed by atoms with van der Waals surface area (Å²) in [5, 5.41) is 152. The molecule has 10 rings (SSSR count). The first-order chi connectivity index (χ1) is 49.3. The topological polar surface area (TPSA) is 455 Å². The zero-order valence-corrected chi connectivity index (χ0v) is 59.5. The van der Waals surface area contributed by atoms with Gasteiger partial charge in [0.25, 0.3) is 0 Å². The van der Waals surface area contributed by atoms with Gasteiger partial charge in [-0.25, -0.2) is 0 Å². The van der Waals surface area contributed by atoms with Gasteiger partial charge < -0.3 is 132 Å². The summed E-state index contributed by atoms with van der Waals surface area (Å²) in [4.78, 5) is 4.50. The highest BCUT2D eigenvalue weighted by molar-refractivity contribution is 5.76. The minimum Gasteiger partial charge on any atom is -0.394 e. The minimum absolute atomic E-state index is 0.111. The number of benzene rings is 4. The normalized spacial score (nSPS) is 38.1. The fraction of sp³-hybridized carbons (Fsp3) is 0.644. The molecule has 2 aliphatic carbocycles. The number of nitrogens with one attached hydrogen (secondary N) is 8. The van der Waals surface area contributed by atoms with E-state index in [-0.39, 0.29) is 38.4 Å². The summed E-state index contributed by atoms with van der Waals surface area (Å²) < 4.78 is 53.7. The van der Waals surface area contributed by atoms with Gasteiger partial charge in [-0.15, -0.1) is 0 Å². The molecule has 4 aromatic rings. The monoisotopic (exact) mass is 1440 g/mol. The highest BCUT2D eigenvalue weighted by atomic mass is 16.8. The van der Waals surface area contributed by atoms with Crippen LogP contribution < -0.4 is 43.4 Å². The van der Waals surface area contributed by atoms with E-state index >= 15 is 0 Å². The smallest absolute Gasteiger partial charge is 0.187 e. The molecule has 4 aliphatic heterocycles. The fourth-order valence-corrected chi connectivity index (χ4v) is 15.7. The lowest BCUT2D eigenvalue weighted by molar-refractivity contribution is -0.320. The molecule has 28 atom stereocenters. The predicted octanol–water partition coefficient (Wildman–Crippen LogP) is -2.11. The van der Waals surface area contributed by atoms with Gasteiger partial charge in [0.2, 0.25) is 0 Å². The first-order valence-electron chi connectivity index (χ1n) is 36.0. The fourth-order valence-electron chi connectivity index (χ4n) is 15.7. The van der Waals surface area contributed by atoms with Gasteiger partial charge in [0, 0.05) is 69.9 Å². The van der Waals surface area contributed by atoms with Crippen molar-refractivity contribution in [2.45, 2.75) is 244 Å². The number of rotatable bonds is 31. The third-order valence-electron chi connectivity index (χ3n) is 21.8. The number of aliphatic hydroxyl groups is 10. The highest BCUT2D eigenvalue weighted by Gasteiger charge is 2.61. The van der Waals surface area contributed by atoms with E-state index in [1.54, 1.807) is 13.8 Å². The average Bonchev–Trinajstić information content (AvgIpc) is 1.69. The molecule has 22 N–H and O–H groups in total. The Hall–Kier alpha value is -5.54. The van der Waals surface area contributed by atoms with Crippen LogP contribution in [-0.4, -0.2) is 284 Å². The van der Waals surface area contributed by atoms with Crippen LogP contribution in [-0.2, 0) is 64.1 Å². The zero-order chi connectivity index (χ0) is 73.9. The third-order valence-corrected chi connectivity index (χ3v) is 21.8. The van der Waals surface area contributed by atoms with E-state index in [1.165, 1.54) is 7.05 Å². The highest BCUT2D eigenvalue weighted by Crippen LogP contribution is 2.41. The molecule has 0 radical (unpaired) electrons. The van der Waals surface area contributed by atoms with E-state index in [2.05, 4.69) is 67.8 Å². The second-order valence-corrected chi connectivity index (χ2v) is 28.8. The van der Waals surface area contributed by atoms with E-state index < -0.39 is 176 Å².